The molecule has 31 heavy (non-hydrogen) atoms. The zero-order valence-electron chi connectivity index (χ0n) is 18.2. The first-order valence-corrected chi connectivity index (χ1v) is 11.1. The van der Waals surface area contributed by atoms with Crippen LogP contribution in [0.25, 0.3) is 11.0 Å². The van der Waals surface area contributed by atoms with Crippen LogP contribution in [0.5, 0.6) is 5.75 Å². The normalized spacial score (nSPS) is 17.1. The van der Waals surface area contributed by atoms with Gasteiger partial charge in [-0.15, -0.1) is 0 Å². The highest BCUT2D eigenvalue weighted by Gasteiger charge is 2.26. The molecule has 0 aliphatic carbocycles. The molecule has 1 aromatic heterocycles. The summed E-state index contributed by atoms with van der Waals surface area (Å²) in [4.78, 5) is 17.3. The molecule has 0 saturated carbocycles. The van der Waals surface area contributed by atoms with E-state index >= 15 is 0 Å². The summed E-state index contributed by atoms with van der Waals surface area (Å²) < 4.78 is 13.7. The molecule has 4 rings (SSSR count). The summed E-state index contributed by atoms with van der Waals surface area (Å²) in [5, 5.41) is 3.84. The summed E-state index contributed by atoms with van der Waals surface area (Å²) >= 11 is 6.26. The van der Waals surface area contributed by atoms with E-state index in [0.717, 1.165) is 51.6 Å². The summed E-state index contributed by atoms with van der Waals surface area (Å²) in [6.45, 7) is 7.63. The highest BCUT2D eigenvalue weighted by molar-refractivity contribution is 6.32. The maximum Gasteiger partial charge on any atom is 0.249 e. The molecule has 0 radical (unpaired) electrons. The van der Waals surface area contributed by atoms with Gasteiger partial charge in [0.25, 0.3) is 0 Å². The van der Waals surface area contributed by atoms with Crippen LogP contribution in [0.1, 0.15) is 42.8 Å². The summed E-state index contributed by atoms with van der Waals surface area (Å²) in [5.41, 5.74) is 3.91. The number of aromatic nitrogens is 2. The molecule has 1 saturated heterocycles. The zero-order valence-corrected chi connectivity index (χ0v) is 18.9. The number of nitrogens with one attached hydrogen (secondary N) is 1. The molecule has 2 heterocycles. The Bertz CT molecular complexity index is 1070. The molecule has 6 nitrogen and oxygen atoms in total. The number of ether oxygens (including phenoxy) is 2. The van der Waals surface area contributed by atoms with Crippen molar-refractivity contribution >= 4 is 28.5 Å². The van der Waals surface area contributed by atoms with E-state index in [1.54, 1.807) is 0 Å². The van der Waals surface area contributed by atoms with Gasteiger partial charge >= 0.3 is 0 Å². The van der Waals surface area contributed by atoms with E-state index < -0.39 is 0 Å². The summed E-state index contributed by atoms with van der Waals surface area (Å²) in [6.07, 6.45) is 1.33. The van der Waals surface area contributed by atoms with Crippen LogP contribution in [-0.4, -0.2) is 34.8 Å². The number of benzene rings is 2. The van der Waals surface area contributed by atoms with Crippen molar-refractivity contribution in [2.24, 2.45) is 0 Å². The average molecular weight is 442 g/mol. The van der Waals surface area contributed by atoms with Crippen molar-refractivity contribution in [1.29, 1.82) is 0 Å². The molecule has 7 heteroatoms. The number of carbonyl (C=O) groups is 1. The monoisotopic (exact) mass is 441 g/mol. The molecule has 0 bridgehead atoms. The second-order valence-electron chi connectivity index (χ2n) is 8.06. The second kappa shape index (κ2) is 9.28. The molecule has 2 aromatic carbocycles. The predicted molar refractivity (Wildman–Crippen MR) is 122 cm³/mol. The highest BCUT2D eigenvalue weighted by Crippen LogP contribution is 2.26. The summed E-state index contributed by atoms with van der Waals surface area (Å²) in [7, 11) is 0. The molecule has 2 atom stereocenters. The van der Waals surface area contributed by atoms with Crippen molar-refractivity contribution in [2.75, 3.05) is 13.2 Å². The Morgan fingerprint density at radius 2 is 2.06 bits per heavy atom. The van der Waals surface area contributed by atoms with E-state index in [4.69, 9.17) is 26.1 Å². The topological polar surface area (TPSA) is 65.4 Å². The third-order valence-electron chi connectivity index (χ3n) is 5.65. The van der Waals surface area contributed by atoms with Gasteiger partial charge in [-0.25, -0.2) is 4.98 Å². The van der Waals surface area contributed by atoms with Gasteiger partial charge in [0.2, 0.25) is 5.91 Å². The number of fused-ring (bicyclic) bond motifs is 1. The number of hydrogen-bond acceptors (Lipinski definition) is 4. The summed E-state index contributed by atoms with van der Waals surface area (Å²) in [6, 6.07) is 11.6. The van der Waals surface area contributed by atoms with Gasteiger partial charge in [-0.05, 0) is 69.0 Å². The van der Waals surface area contributed by atoms with Crippen LogP contribution in [-0.2, 0) is 16.1 Å². The van der Waals surface area contributed by atoms with E-state index in [0.29, 0.717) is 19.8 Å². The minimum atomic E-state index is -0.361. The van der Waals surface area contributed by atoms with Crippen LogP contribution in [0.4, 0.5) is 0 Å². The third kappa shape index (κ3) is 4.70. The fourth-order valence-electron chi connectivity index (χ4n) is 4.06. The molecule has 1 aliphatic heterocycles. The Hall–Kier alpha value is -2.57. The van der Waals surface area contributed by atoms with Crippen LogP contribution in [0.2, 0.25) is 5.02 Å². The molecule has 2 unspecified atom stereocenters. The molecular weight excluding hydrogens is 414 g/mol. The molecule has 1 amide bonds. The third-order valence-corrected chi connectivity index (χ3v) is 6.24. The van der Waals surface area contributed by atoms with Crippen molar-refractivity contribution in [1.82, 2.24) is 14.9 Å². The smallest absolute Gasteiger partial charge is 0.249 e. The van der Waals surface area contributed by atoms with Crippen molar-refractivity contribution in [3.05, 3.63) is 58.4 Å². The Morgan fingerprint density at radius 3 is 2.77 bits per heavy atom. The lowest BCUT2D eigenvalue weighted by Gasteiger charge is -2.18. The van der Waals surface area contributed by atoms with E-state index in [1.165, 1.54) is 0 Å². The molecular formula is C24H28ClN3O3. The first-order chi connectivity index (χ1) is 14.9. The molecule has 1 fully saturated rings. The van der Waals surface area contributed by atoms with Gasteiger partial charge in [0.15, 0.2) is 0 Å². The second-order valence-corrected chi connectivity index (χ2v) is 8.44. The first-order valence-electron chi connectivity index (χ1n) is 10.7. The fraction of sp³-hybridized carbons (Fsp3) is 0.417. The van der Waals surface area contributed by atoms with Crippen LogP contribution in [0.3, 0.4) is 0 Å². The van der Waals surface area contributed by atoms with Gasteiger partial charge in [0, 0.05) is 11.6 Å². The van der Waals surface area contributed by atoms with Crippen molar-refractivity contribution in [3.8, 4) is 5.75 Å². The Kier molecular flexibility index (Phi) is 6.49. The average Bonchev–Trinajstić information content (AvgIpc) is 3.40. The quantitative estimate of drug-likeness (QED) is 0.575. The predicted octanol–water partition coefficient (Wildman–Crippen LogP) is 4.74. The fourth-order valence-corrected chi connectivity index (χ4v) is 4.17. The molecule has 0 spiro atoms. The maximum atomic E-state index is 12.5. The van der Waals surface area contributed by atoms with Crippen molar-refractivity contribution < 1.29 is 14.3 Å². The van der Waals surface area contributed by atoms with Gasteiger partial charge in [0.05, 0.1) is 23.6 Å². The van der Waals surface area contributed by atoms with Gasteiger partial charge in [-0.1, -0.05) is 23.7 Å². The number of para-hydroxylation sites is 2. The van der Waals surface area contributed by atoms with Crippen LogP contribution >= 0.6 is 11.6 Å². The van der Waals surface area contributed by atoms with Gasteiger partial charge in [0.1, 0.15) is 24.3 Å². The van der Waals surface area contributed by atoms with Gasteiger partial charge in [-0.3, -0.25) is 4.79 Å². The van der Waals surface area contributed by atoms with Gasteiger partial charge in [-0.2, -0.15) is 0 Å². The van der Waals surface area contributed by atoms with E-state index in [1.807, 2.05) is 57.2 Å². The number of carbonyl (C=O) groups excluding carboxylic acids is 1. The summed E-state index contributed by atoms with van der Waals surface area (Å²) in [5.74, 6) is 1.52. The highest BCUT2D eigenvalue weighted by atomic mass is 35.5. The Balaban J connectivity index is 1.51. The molecule has 3 aromatic rings. The number of halogens is 1. The lowest BCUT2D eigenvalue weighted by molar-refractivity contribution is -0.130. The largest absolute Gasteiger partial charge is 0.492 e. The minimum Gasteiger partial charge on any atom is -0.492 e. The number of hydrogen-bond donors (Lipinski definition) is 1. The lowest BCUT2D eigenvalue weighted by atomic mass is 10.1. The Morgan fingerprint density at radius 1 is 1.32 bits per heavy atom. The molecule has 1 N–H and O–H groups in total. The van der Waals surface area contributed by atoms with E-state index in [-0.39, 0.29) is 18.1 Å². The standard InChI is InChI=1S/C24H28ClN3O3/c1-15-13-18(14-16(2)22(15)25)30-12-10-28-20-8-5-4-7-19(20)27-23(28)17(3)26-24(29)21-9-6-11-31-21/h4-5,7-8,13-14,17,21H,6,9-12H2,1-3H3,(H,26,29). The van der Waals surface area contributed by atoms with Crippen LogP contribution in [0, 0.1) is 13.8 Å². The maximum absolute atomic E-state index is 12.5. The van der Waals surface area contributed by atoms with Crippen molar-refractivity contribution in [3.63, 3.8) is 0 Å². The minimum absolute atomic E-state index is 0.0769. The van der Waals surface area contributed by atoms with Crippen LogP contribution in [0.15, 0.2) is 36.4 Å². The van der Waals surface area contributed by atoms with E-state index in [9.17, 15) is 4.79 Å². The SMILES string of the molecule is Cc1cc(OCCn2c(C(C)NC(=O)C3CCCO3)nc3ccccc32)cc(C)c1Cl. The van der Waals surface area contributed by atoms with Gasteiger partial charge < -0.3 is 19.4 Å². The molecule has 1 aliphatic rings. The molecule has 164 valence electrons. The number of nitrogens with zero attached hydrogens (tertiary/aromatic N) is 2. The zero-order chi connectivity index (χ0) is 22.0. The number of amides is 1. The number of imidazole rings is 1. The van der Waals surface area contributed by atoms with Crippen LogP contribution < -0.4 is 10.1 Å². The lowest BCUT2D eigenvalue weighted by Crippen LogP contribution is -2.36. The Labute approximate surface area is 187 Å². The van der Waals surface area contributed by atoms with Crippen molar-refractivity contribution in [2.45, 2.75) is 52.3 Å². The number of rotatable bonds is 7. The number of aryl methyl sites for hydroxylation is 2. The first kappa shape index (κ1) is 21.7. The van der Waals surface area contributed by atoms with E-state index in [2.05, 4.69) is 9.88 Å².